The van der Waals surface area contributed by atoms with Crippen molar-refractivity contribution in [1.29, 1.82) is 0 Å². The van der Waals surface area contributed by atoms with E-state index in [1.54, 1.807) is 18.9 Å². The van der Waals surface area contributed by atoms with Crippen molar-refractivity contribution in [3.8, 4) is 0 Å². The van der Waals surface area contributed by atoms with Gasteiger partial charge < -0.3 is 15.0 Å². The number of hydrogen-bond donors (Lipinski definition) is 1. The zero-order chi connectivity index (χ0) is 18.7. The molecule has 2 aromatic rings. The number of halogens is 1. The molecule has 1 aliphatic rings. The number of amides is 2. The maximum absolute atomic E-state index is 13.0. The van der Waals surface area contributed by atoms with Crippen LogP contribution in [0.5, 0.6) is 0 Å². The van der Waals surface area contributed by atoms with E-state index in [1.165, 1.54) is 4.68 Å². The Hall–Kier alpha value is -2.38. The lowest BCUT2D eigenvalue weighted by molar-refractivity contribution is -0.137. The van der Waals surface area contributed by atoms with Crippen LogP contribution in [0.4, 0.5) is 0 Å². The molecule has 0 spiro atoms. The number of aryl methyl sites for hydroxylation is 2. The van der Waals surface area contributed by atoms with Crippen LogP contribution in [0.3, 0.4) is 0 Å². The summed E-state index contributed by atoms with van der Waals surface area (Å²) in [5.41, 5.74) is 1.51. The van der Waals surface area contributed by atoms with Crippen LogP contribution in [0.2, 0.25) is 5.15 Å². The number of aromatic nitrogens is 2. The second-order valence-corrected chi connectivity index (χ2v) is 6.49. The summed E-state index contributed by atoms with van der Waals surface area (Å²) in [7, 11) is 1.67. The molecule has 2 heterocycles. The largest absolute Gasteiger partial charge is 0.378 e. The SMILES string of the molecule is Cc1nn(C)c(Cl)c1C(=O)N[C@H](C(=O)N1CCOCC1)c1ccccc1. The number of ether oxygens (including phenoxy) is 1. The first-order chi connectivity index (χ1) is 12.5. The monoisotopic (exact) mass is 376 g/mol. The van der Waals surface area contributed by atoms with Crippen LogP contribution in [0.15, 0.2) is 30.3 Å². The molecule has 1 saturated heterocycles. The predicted molar refractivity (Wildman–Crippen MR) is 97.0 cm³/mol. The lowest BCUT2D eigenvalue weighted by atomic mass is 10.0. The Labute approximate surface area is 156 Å². The van der Waals surface area contributed by atoms with E-state index in [9.17, 15) is 9.59 Å². The molecule has 1 aromatic heterocycles. The van der Waals surface area contributed by atoms with Gasteiger partial charge >= 0.3 is 0 Å². The highest BCUT2D eigenvalue weighted by atomic mass is 35.5. The Morgan fingerprint density at radius 1 is 1.23 bits per heavy atom. The van der Waals surface area contributed by atoms with Crippen LogP contribution >= 0.6 is 11.6 Å². The Kier molecular flexibility index (Phi) is 5.58. The van der Waals surface area contributed by atoms with Crippen LogP contribution in [-0.4, -0.2) is 52.8 Å². The lowest BCUT2D eigenvalue weighted by Crippen LogP contribution is -2.47. The summed E-state index contributed by atoms with van der Waals surface area (Å²) in [4.78, 5) is 27.6. The summed E-state index contributed by atoms with van der Waals surface area (Å²) in [6.45, 7) is 3.71. The summed E-state index contributed by atoms with van der Waals surface area (Å²) < 4.78 is 6.75. The fourth-order valence-corrected chi connectivity index (χ4v) is 3.25. The Bertz CT molecular complexity index is 800. The van der Waals surface area contributed by atoms with Gasteiger partial charge in [-0.15, -0.1) is 0 Å². The number of morpholine rings is 1. The van der Waals surface area contributed by atoms with Crippen molar-refractivity contribution in [3.05, 3.63) is 52.3 Å². The first-order valence-electron chi connectivity index (χ1n) is 8.40. The van der Waals surface area contributed by atoms with Crippen LogP contribution in [-0.2, 0) is 16.6 Å². The van der Waals surface area contributed by atoms with E-state index in [0.717, 1.165) is 5.56 Å². The third-order valence-electron chi connectivity index (χ3n) is 4.36. The molecule has 0 bridgehead atoms. The van der Waals surface area contributed by atoms with Gasteiger partial charge in [0.25, 0.3) is 5.91 Å². The van der Waals surface area contributed by atoms with E-state index in [4.69, 9.17) is 16.3 Å². The molecular weight excluding hydrogens is 356 g/mol. The lowest BCUT2D eigenvalue weighted by Gasteiger charge is -2.31. The van der Waals surface area contributed by atoms with Gasteiger partial charge in [0, 0.05) is 20.1 Å². The molecule has 1 atom stereocenters. The van der Waals surface area contributed by atoms with E-state index in [1.807, 2.05) is 30.3 Å². The summed E-state index contributed by atoms with van der Waals surface area (Å²) in [5.74, 6) is -0.582. The smallest absolute Gasteiger partial charge is 0.257 e. The van der Waals surface area contributed by atoms with Crippen molar-refractivity contribution < 1.29 is 14.3 Å². The molecule has 0 unspecified atom stereocenters. The van der Waals surface area contributed by atoms with Crippen LogP contribution < -0.4 is 5.32 Å². The van der Waals surface area contributed by atoms with Gasteiger partial charge in [0.05, 0.1) is 24.5 Å². The second-order valence-electron chi connectivity index (χ2n) is 6.13. The zero-order valence-corrected chi connectivity index (χ0v) is 15.5. The van der Waals surface area contributed by atoms with Gasteiger partial charge in [0.15, 0.2) is 0 Å². The normalized spacial score (nSPS) is 15.6. The number of benzene rings is 1. The third kappa shape index (κ3) is 3.73. The molecule has 1 aromatic carbocycles. The Morgan fingerprint density at radius 3 is 2.46 bits per heavy atom. The van der Waals surface area contributed by atoms with Gasteiger partial charge in [-0.05, 0) is 12.5 Å². The van der Waals surface area contributed by atoms with Crippen molar-refractivity contribution in [3.63, 3.8) is 0 Å². The fourth-order valence-electron chi connectivity index (χ4n) is 2.99. The van der Waals surface area contributed by atoms with Gasteiger partial charge in [-0.25, -0.2) is 0 Å². The number of carbonyl (C=O) groups excluding carboxylic acids is 2. The molecule has 1 aliphatic heterocycles. The van der Waals surface area contributed by atoms with Gasteiger partial charge in [-0.2, -0.15) is 5.10 Å². The molecule has 8 heteroatoms. The average Bonchev–Trinajstić information content (AvgIpc) is 2.92. The van der Waals surface area contributed by atoms with Gasteiger partial charge in [0.2, 0.25) is 5.91 Å². The minimum Gasteiger partial charge on any atom is -0.378 e. The van der Waals surface area contributed by atoms with Gasteiger partial charge in [-0.1, -0.05) is 41.9 Å². The van der Waals surface area contributed by atoms with E-state index in [-0.39, 0.29) is 16.6 Å². The number of hydrogen-bond acceptors (Lipinski definition) is 4. The molecule has 2 amide bonds. The van der Waals surface area contributed by atoms with Crippen molar-refractivity contribution in [2.75, 3.05) is 26.3 Å². The van der Waals surface area contributed by atoms with Crippen LogP contribution in [0.1, 0.15) is 27.7 Å². The van der Waals surface area contributed by atoms with E-state index in [2.05, 4.69) is 10.4 Å². The first kappa shape index (κ1) is 18.4. The third-order valence-corrected chi connectivity index (χ3v) is 4.79. The van der Waals surface area contributed by atoms with Gasteiger partial charge in [0.1, 0.15) is 11.2 Å². The summed E-state index contributed by atoms with van der Waals surface area (Å²) in [6.07, 6.45) is 0. The second kappa shape index (κ2) is 7.88. The van der Waals surface area contributed by atoms with Crippen LogP contribution in [0.25, 0.3) is 0 Å². The molecule has 7 nitrogen and oxygen atoms in total. The minimum absolute atomic E-state index is 0.162. The molecule has 1 N–H and O–H groups in total. The Morgan fingerprint density at radius 2 is 1.88 bits per heavy atom. The first-order valence-corrected chi connectivity index (χ1v) is 8.78. The molecule has 3 rings (SSSR count). The molecule has 0 aliphatic carbocycles. The maximum atomic E-state index is 13.0. The summed E-state index contributed by atoms with van der Waals surface area (Å²) in [5, 5.41) is 7.23. The quantitative estimate of drug-likeness (QED) is 0.881. The standard InChI is InChI=1S/C18H21ClN4O3/c1-12-14(16(19)22(2)21-12)17(24)20-15(13-6-4-3-5-7-13)18(25)23-8-10-26-11-9-23/h3-7,15H,8-11H2,1-2H3,(H,20,24)/t15-/m0/s1. The number of carbonyl (C=O) groups is 2. The van der Waals surface area contributed by atoms with Crippen molar-refractivity contribution >= 4 is 23.4 Å². The highest BCUT2D eigenvalue weighted by molar-refractivity contribution is 6.33. The van der Waals surface area contributed by atoms with Crippen LogP contribution in [0, 0.1) is 6.92 Å². The van der Waals surface area contributed by atoms with Gasteiger partial charge in [-0.3, -0.25) is 14.3 Å². The predicted octanol–water partition coefficient (Wildman–Crippen LogP) is 1.71. The molecular formula is C18H21ClN4O3. The highest BCUT2D eigenvalue weighted by Crippen LogP contribution is 2.22. The number of rotatable bonds is 4. The summed E-state index contributed by atoms with van der Waals surface area (Å²) >= 11 is 6.19. The molecule has 138 valence electrons. The number of nitrogens with one attached hydrogen (secondary N) is 1. The molecule has 0 saturated carbocycles. The van der Waals surface area contributed by atoms with E-state index in [0.29, 0.717) is 32.0 Å². The molecule has 0 radical (unpaired) electrons. The maximum Gasteiger partial charge on any atom is 0.257 e. The fraction of sp³-hybridized carbons (Fsp3) is 0.389. The van der Waals surface area contributed by atoms with E-state index < -0.39 is 11.9 Å². The summed E-state index contributed by atoms with van der Waals surface area (Å²) in [6, 6.07) is 8.39. The van der Waals surface area contributed by atoms with Crippen molar-refractivity contribution in [2.45, 2.75) is 13.0 Å². The zero-order valence-electron chi connectivity index (χ0n) is 14.7. The van der Waals surface area contributed by atoms with E-state index >= 15 is 0 Å². The van der Waals surface area contributed by atoms with Crippen molar-refractivity contribution in [1.82, 2.24) is 20.0 Å². The molecule has 26 heavy (non-hydrogen) atoms. The number of nitrogens with zero attached hydrogens (tertiary/aromatic N) is 3. The Balaban J connectivity index is 1.88. The molecule has 1 fully saturated rings. The topological polar surface area (TPSA) is 76.5 Å². The minimum atomic E-state index is -0.794. The average molecular weight is 377 g/mol. The van der Waals surface area contributed by atoms with Crippen molar-refractivity contribution in [2.24, 2.45) is 7.05 Å². The highest BCUT2D eigenvalue weighted by Gasteiger charge is 2.30.